The number of carboxylic acids is 1. The Morgan fingerprint density at radius 3 is 2.50 bits per heavy atom. The number of carbonyl (C=O) groups is 1. The average molecular weight is 191 g/mol. The van der Waals surface area contributed by atoms with Gasteiger partial charge in [-0.2, -0.15) is 0 Å². The second-order valence-electron chi connectivity index (χ2n) is 2.46. The van der Waals surface area contributed by atoms with Crippen molar-refractivity contribution in [3.8, 4) is 0 Å². The minimum absolute atomic E-state index is 0. The quantitative estimate of drug-likeness (QED) is 0.734. The van der Waals surface area contributed by atoms with E-state index < -0.39 is 5.97 Å². The first kappa shape index (κ1) is 11.0. The molecule has 0 aromatic carbocycles. The third kappa shape index (κ3) is 2.54. The molecule has 68 valence electrons. The SMILES string of the molecule is Cc1nc(CC(=O)O)c(C)[nH]1.Cl. The molecule has 0 saturated carbocycles. The van der Waals surface area contributed by atoms with E-state index in [2.05, 4.69) is 9.97 Å². The van der Waals surface area contributed by atoms with Crippen LogP contribution in [0.1, 0.15) is 17.2 Å². The molecule has 1 aromatic heterocycles. The zero-order valence-electron chi connectivity index (χ0n) is 6.92. The van der Waals surface area contributed by atoms with E-state index in [0.717, 1.165) is 11.5 Å². The summed E-state index contributed by atoms with van der Waals surface area (Å²) in [7, 11) is 0. The summed E-state index contributed by atoms with van der Waals surface area (Å²) in [5.41, 5.74) is 1.46. The van der Waals surface area contributed by atoms with Gasteiger partial charge in [0, 0.05) is 5.69 Å². The van der Waals surface area contributed by atoms with Crippen molar-refractivity contribution in [3.05, 3.63) is 17.2 Å². The predicted molar refractivity (Wildman–Crippen MR) is 46.6 cm³/mol. The van der Waals surface area contributed by atoms with Crippen LogP contribution in [0.5, 0.6) is 0 Å². The maximum atomic E-state index is 10.3. The van der Waals surface area contributed by atoms with Crippen molar-refractivity contribution in [2.75, 3.05) is 0 Å². The maximum Gasteiger partial charge on any atom is 0.309 e. The fourth-order valence-electron chi connectivity index (χ4n) is 0.973. The fourth-order valence-corrected chi connectivity index (χ4v) is 0.973. The number of aryl methyl sites for hydroxylation is 2. The first-order valence-corrected chi connectivity index (χ1v) is 3.33. The van der Waals surface area contributed by atoms with Crippen molar-refractivity contribution in [1.29, 1.82) is 0 Å². The van der Waals surface area contributed by atoms with Gasteiger partial charge in [0.1, 0.15) is 5.82 Å². The molecule has 0 saturated heterocycles. The zero-order chi connectivity index (χ0) is 8.43. The Kier molecular flexibility index (Phi) is 3.76. The number of H-pyrrole nitrogens is 1. The summed E-state index contributed by atoms with van der Waals surface area (Å²) in [5.74, 6) is -0.0849. The van der Waals surface area contributed by atoms with Gasteiger partial charge >= 0.3 is 5.97 Å². The Morgan fingerprint density at radius 1 is 1.58 bits per heavy atom. The monoisotopic (exact) mass is 190 g/mol. The van der Waals surface area contributed by atoms with E-state index in [9.17, 15) is 4.79 Å². The highest BCUT2D eigenvalue weighted by Crippen LogP contribution is 2.04. The molecule has 0 spiro atoms. The minimum atomic E-state index is -0.848. The van der Waals surface area contributed by atoms with Crippen molar-refractivity contribution in [2.24, 2.45) is 0 Å². The summed E-state index contributed by atoms with van der Waals surface area (Å²) < 4.78 is 0. The molecule has 12 heavy (non-hydrogen) atoms. The van der Waals surface area contributed by atoms with Crippen molar-refractivity contribution < 1.29 is 9.90 Å². The molecular formula is C7H11ClN2O2. The van der Waals surface area contributed by atoms with Crippen LogP contribution in [0, 0.1) is 13.8 Å². The standard InChI is InChI=1S/C7H10N2O2.ClH/c1-4-6(3-7(10)11)9-5(2)8-4;/h3H2,1-2H3,(H,8,9)(H,10,11);1H. The molecule has 0 aliphatic rings. The molecule has 0 atom stereocenters. The number of aliphatic carboxylic acids is 1. The molecule has 1 heterocycles. The van der Waals surface area contributed by atoms with E-state index in [1.807, 2.05) is 6.92 Å². The summed E-state index contributed by atoms with van der Waals surface area (Å²) in [6.45, 7) is 3.62. The van der Waals surface area contributed by atoms with Gasteiger partial charge in [0.25, 0.3) is 0 Å². The molecule has 2 N–H and O–H groups in total. The van der Waals surface area contributed by atoms with E-state index in [1.54, 1.807) is 6.92 Å². The number of imidazole rings is 1. The van der Waals surface area contributed by atoms with Gasteiger partial charge in [-0.05, 0) is 13.8 Å². The van der Waals surface area contributed by atoms with Crippen molar-refractivity contribution in [1.82, 2.24) is 9.97 Å². The van der Waals surface area contributed by atoms with Gasteiger partial charge in [-0.15, -0.1) is 12.4 Å². The van der Waals surface area contributed by atoms with Crippen LogP contribution in [0.25, 0.3) is 0 Å². The summed E-state index contributed by atoms with van der Waals surface area (Å²) in [6, 6.07) is 0. The van der Waals surface area contributed by atoms with Crippen LogP contribution in [0.3, 0.4) is 0 Å². The van der Waals surface area contributed by atoms with Crippen molar-refractivity contribution in [3.63, 3.8) is 0 Å². The fraction of sp³-hybridized carbons (Fsp3) is 0.429. The number of nitrogens with zero attached hydrogens (tertiary/aromatic N) is 1. The van der Waals surface area contributed by atoms with E-state index in [1.165, 1.54) is 0 Å². The van der Waals surface area contributed by atoms with Crippen LogP contribution < -0.4 is 0 Å². The number of carboxylic acid groups (broad SMARTS) is 1. The smallest absolute Gasteiger partial charge is 0.309 e. The highest BCUT2D eigenvalue weighted by molar-refractivity contribution is 5.85. The number of nitrogens with one attached hydrogen (secondary N) is 1. The van der Waals surface area contributed by atoms with Crippen LogP contribution in [-0.2, 0) is 11.2 Å². The first-order chi connectivity index (χ1) is 5.09. The molecule has 0 amide bonds. The molecule has 0 fully saturated rings. The largest absolute Gasteiger partial charge is 0.481 e. The Labute approximate surface area is 76.4 Å². The first-order valence-electron chi connectivity index (χ1n) is 3.33. The number of halogens is 1. The summed E-state index contributed by atoms with van der Waals surface area (Å²) in [6.07, 6.45) is -0.00380. The maximum absolute atomic E-state index is 10.3. The Balaban J connectivity index is 0.00000121. The van der Waals surface area contributed by atoms with E-state index in [0.29, 0.717) is 5.69 Å². The number of aromatic nitrogens is 2. The van der Waals surface area contributed by atoms with Gasteiger partial charge in [0.2, 0.25) is 0 Å². The Hall–Kier alpha value is -1.03. The van der Waals surface area contributed by atoms with Crippen LogP contribution in [0.2, 0.25) is 0 Å². The van der Waals surface area contributed by atoms with Gasteiger partial charge in [-0.1, -0.05) is 0 Å². The summed E-state index contributed by atoms with van der Waals surface area (Å²) >= 11 is 0. The topological polar surface area (TPSA) is 66.0 Å². The van der Waals surface area contributed by atoms with Crippen molar-refractivity contribution >= 4 is 18.4 Å². The molecule has 0 bridgehead atoms. The molecule has 4 nitrogen and oxygen atoms in total. The molecule has 1 aromatic rings. The van der Waals surface area contributed by atoms with Gasteiger partial charge in [0.05, 0.1) is 12.1 Å². The highest BCUT2D eigenvalue weighted by atomic mass is 35.5. The molecule has 0 unspecified atom stereocenters. The van der Waals surface area contributed by atoms with Crippen molar-refractivity contribution in [2.45, 2.75) is 20.3 Å². The lowest BCUT2D eigenvalue weighted by Crippen LogP contribution is -2.01. The lowest BCUT2D eigenvalue weighted by Gasteiger charge is -1.89. The van der Waals surface area contributed by atoms with Crippen LogP contribution >= 0.6 is 12.4 Å². The number of aromatic amines is 1. The molecule has 0 aliphatic carbocycles. The highest BCUT2D eigenvalue weighted by Gasteiger charge is 2.07. The summed E-state index contributed by atoms with van der Waals surface area (Å²) in [4.78, 5) is 17.2. The lowest BCUT2D eigenvalue weighted by molar-refractivity contribution is -0.136. The molecule has 1 rings (SSSR count). The van der Waals surface area contributed by atoms with Gasteiger partial charge in [-0.25, -0.2) is 4.98 Å². The summed E-state index contributed by atoms with van der Waals surface area (Å²) in [5, 5.41) is 8.45. The van der Waals surface area contributed by atoms with Crippen LogP contribution in [0.15, 0.2) is 0 Å². The van der Waals surface area contributed by atoms with Gasteiger partial charge in [-0.3, -0.25) is 4.79 Å². The van der Waals surface area contributed by atoms with E-state index in [-0.39, 0.29) is 18.8 Å². The third-order valence-electron chi connectivity index (χ3n) is 1.42. The molecule has 0 aliphatic heterocycles. The number of rotatable bonds is 2. The van der Waals surface area contributed by atoms with E-state index >= 15 is 0 Å². The Morgan fingerprint density at radius 2 is 2.17 bits per heavy atom. The van der Waals surface area contributed by atoms with Gasteiger partial charge < -0.3 is 10.1 Å². The molecule has 5 heteroatoms. The predicted octanol–water partition coefficient (Wildman–Crippen LogP) is 1.08. The average Bonchev–Trinajstić information content (AvgIpc) is 2.09. The second-order valence-corrected chi connectivity index (χ2v) is 2.46. The zero-order valence-corrected chi connectivity index (χ0v) is 7.73. The molecular weight excluding hydrogens is 180 g/mol. The Bertz CT molecular complexity index is 283. The normalized spacial score (nSPS) is 9.17. The molecule has 0 radical (unpaired) electrons. The number of hydrogen-bond donors (Lipinski definition) is 2. The van der Waals surface area contributed by atoms with Crippen LogP contribution in [-0.4, -0.2) is 21.0 Å². The lowest BCUT2D eigenvalue weighted by atomic mass is 10.3. The van der Waals surface area contributed by atoms with E-state index in [4.69, 9.17) is 5.11 Å². The second kappa shape index (κ2) is 4.11. The van der Waals surface area contributed by atoms with Crippen LogP contribution in [0.4, 0.5) is 0 Å². The number of hydrogen-bond acceptors (Lipinski definition) is 2. The third-order valence-corrected chi connectivity index (χ3v) is 1.42. The minimum Gasteiger partial charge on any atom is -0.481 e. The van der Waals surface area contributed by atoms with Gasteiger partial charge in [0.15, 0.2) is 0 Å².